The number of morpholine rings is 1. The summed E-state index contributed by atoms with van der Waals surface area (Å²) < 4.78 is 12.8. The van der Waals surface area contributed by atoms with Crippen LogP contribution in [0.4, 0.5) is 0 Å². The summed E-state index contributed by atoms with van der Waals surface area (Å²) in [5, 5.41) is 8.06. The van der Waals surface area contributed by atoms with Crippen LogP contribution >= 0.6 is 0 Å². The normalized spacial score (nSPS) is 16.8. The summed E-state index contributed by atoms with van der Waals surface area (Å²) in [7, 11) is 3.61. The summed E-state index contributed by atoms with van der Waals surface area (Å²) in [4.78, 5) is 2.50. The number of aryl methyl sites for hydroxylation is 2. The van der Waals surface area contributed by atoms with Gasteiger partial charge in [0.2, 0.25) is 5.88 Å². The number of rotatable bonds is 7. The summed E-state index contributed by atoms with van der Waals surface area (Å²) in [6.07, 6.45) is 0. The molecule has 1 aromatic heterocycles. The zero-order valence-electron chi connectivity index (χ0n) is 15.4. The molecule has 1 N–H and O–H groups in total. The first-order chi connectivity index (χ1) is 12.2. The molecule has 0 spiro atoms. The number of hydrogen-bond donors (Lipinski definition) is 1. The number of ether oxygens (including phenoxy) is 2. The first kappa shape index (κ1) is 17.9. The summed E-state index contributed by atoms with van der Waals surface area (Å²) in [5.74, 6) is 0.827. The van der Waals surface area contributed by atoms with Crippen LogP contribution in [0.3, 0.4) is 0 Å². The Hall–Kier alpha value is -1.89. The van der Waals surface area contributed by atoms with Gasteiger partial charge in [0.25, 0.3) is 0 Å². The molecule has 0 bridgehead atoms. The Bertz CT molecular complexity index is 666. The number of benzene rings is 1. The van der Waals surface area contributed by atoms with Crippen LogP contribution in [0.2, 0.25) is 0 Å². The van der Waals surface area contributed by atoms with E-state index in [0.717, 1.165) is 56.5 Å². The number of methoxy groups -OCH3 is 1. The molecule has 1 saturated heterocycles. The van der Waals surface area contributed by atoms with E-state index in [4.69, 9.17) is 9.47 Å². The summed E-state index contributed by atoms with van der Waals surface area (Å²) in [6.45, 7) is 7.19. The maximum absolute atomic E-state index is 5.52. The molecule has 6 heteroatoms. The van der Waals surface area contributed by atoms with Crippen LogP contribution in [0.25, 0.3) is 0 Å². The van der Waals surface area contributed by atoms with Crippen LogP contribution in [-0.4, -0.2) is 54.6 Å². The monoisotopic (exact) mass is 344 g/mol. The van der Waals surface area contributed by atoms with Crippen LogP contribution in [0.5, 0.6) is 5.88 Å². The number of aromatic nitrogens is 2. The van der Waals surface area contributed by atoms with Crippen molar-refractivity contribution >= 4 is 0 Å². The van der Waals surface area contributed by atoms with Gasteiger partial charge in [-0.1, -0.05) is 30.3 Å². The molecule has 0 aliphatic carbocycles. The number of nitrogens with zero attached hydrogens (tertiary/aromatic N) is 3. The fourth-order valence-electron chi connectivity index (χ4n) is 3.50. The average Bonchev–Trinajstić information content (AvgIpc) is 2.92. The molecule has 0 radical (unpaired) electrons. The van der Waals surface area contributed by atoms with Crippen molar-refractivity contribution in [3.63, 3.8) is 0 Å². The molecule has 1 atom stereocenters. The van der Waals surface area contributed by atoms with Gasteiger partial charge in [0, 0.05) is 39.3 Å². The van der Waals surface area contributed by atoms with E-state index >= 15 is 0 Å². The molecule has 0 saturated carbocycles. The molecule has 2 heterocycles. The molecule has 1 fully saturated rings. The van der Waals surface area contributed by atoms with Crippen LogP contribution in [0, 0.1) is 6.92 Å². The Morgan fingerprint density at radius 1 is 1.24 bits per heavy atom. The first-order valence-electron chi connectivity index (χ1n) is 8.84. The van der Waals surface area contributed by atoms with Gasteiger partial charge in [-0.2, -0.15) is 5.10 Å². The van der Waals surface area contributed by atoms with Crippen LogP contribution < -0.4 is 10.1 Å². The summed E-state index contributed by atoms with van der Waals surface area (Å²) in [5.41, 5.74) is 3.47. The van der Waals surface area contributed by atoms with Gasteiger partial charge in [0.15, 0.2) is 0 Å². The van der Waals surface area contributed by atoms with Crippen molar-refractivity contribution in [2.75, 3.05) is 40.0 Å². The average molecular weight is 344 g/mol. The van der Waals surface area contributed by atoms with Crippen LogP contribution in [0.15, 0.2) is 30.3 Å². The third kappa shape index (κ3) is 4.21. The maximum Gasteiger partial charge on any atom is 0.216 e. The van der Waals surface area contributed by atoms with Gasteiger partial charge in [0.05, 0.1) is 31.6 Å². The fraction of sp³-hybridized carbons (Fsp3) is 0.526. The van der Waals surface area contributed by atoms with E-state index in [9.17, 15) is 0 Å². The maximum atomic E-state index is 5.52. The zero-order chi connectivity index (χ0) is 17.6. The van der Waals surface area contributed by atoms with E-state index in [2.05, 4.69) is 45.6 Å². The third-order valence-electron chi connectivity index (χ3n) is 4.79. The second-order valence-electron chi connectivity index (χ2n) is 6.40. The van der Waals surface area contributed by atoms with E-state index in [1.54, 1.807) is 11.8 Å². The Morgan fingerprint density at radius 3 is 2.64 bits per heavy atom. The lowest BCUT2D eigenvalue weighted by Crippen LogP contribution is -2.42. The fourth-order valence-corrected chi connectivity index (χ4v) is 3.50. The van der Waals surface area contributed by atoms with Crippen molar-refractivity contribution in [3.05, 3.63) is 47.2 Å². The molecule has 136 valence electrons. The van der Waals surface area contributed by atoms with Crippen molar-refractivity contribution in [3.8, 4) is 5.88 Å². The Kier molecular flexibility index (Phi) is 6.07. The standard InChI is InChI=1S/C19H28N4O2/c1-15-17(19(24-3)22(2)21-15)13-20-14-18(16-7-5-4-6-8-16)23-9-11-25-12-10-23/h4-8,18,20H,9-14H2,1-3H3/t18-/m1/s1. The van der Waals surface area contributed by atoms with E-state index in [-0.39, 0.29) is 0 Å². The van der Waals surface area contributed by atoms with E-state index in [0.29, 0.717) is 6.04 Å². The molecule has 0 amide bonds. The van der Waals surface area contributed by atoms with Crippen LogP contribution in [0.1, 0.15) is 22.9 Å². The van der Waals surface area contributed by atoms with E-state index in [1.807, 2.05) is 14.0 Å². The topological polar surface area (TPSA) is 51.6 Å². The molecule has 0 unspecified atom stereocenters. The SMILES string of the molecule is COc1c(CNC[C@H](c2ccccc2)N2CCOCC2)c(C)nn1C. The smallest absolute Gasteiger partial charge is 0.216 e. The van der Waals surface area contributed by atoms with E-state index < -0.39 is 0 Å². The van der Waals surface area contributed by atoms with Gasteiger partial charge in [0.1, 0.15) is 0 Å². The molecule has 6 nitrogen and oxygen atoms in total. The second kappa shape index (κ2) is 8.47. The van der Waals surface area contributed by atoms with Crippen LogP contribution in [-0.2, 0) is 18.3 Å². The van der Waals surface area contributed by atoms with Crippen molar-refractivity contribution in [1.29, 1.82) is 0 Å². The first-order valence-corrected chi connectivity index (χ1v) is 8.84. The molecule has 1 aromatic carbocycles. The molecular formula is C19H28N4O2. The minimum Gasteiger partial charge on any atom is -0.481 e. The summed E-state index contributed by atoms with van der Waals surface area (Å²) in [6, 6.07) is 11.0. The highest BCUT2D eigenvalue weighted by Gasteiger charge is 2.22. The van der Waals surface area contributed by atoms with E-state index in [1.165, 1.54) is 5.56 Å². The number of hydrogen-bond acceptors (Lipinski definition) is 5. The van der Waals surface area contributed by atoms with Gasteiger partial charge in [-0.05, 0) is 12.5 Å². The Labute approximate surface area is 149 Å². The van der Waals surface area contributed by atoms with Gasteiger partial charge in [-0.3, -0.25) is 4.90 Å². The highest BCUT2D eigenvalue weighted by atomic mass is 16.5. The molecule has 2 aromatic rings. The minimum absolute atomic E-state index is 0.341. The molecule has 25 heavy (non-hydrogen) atoms. The third-order valence-corrected chi connectivity index (χ3v) is 4.79. The van der Waals surface area contributed by atoms with Gasteiger partial charge >= 0.3 is 0 Å². The lowest BCUT2D eigenvalue weighted by Gasteiger charge is -2.35. The molecule has 3 rings (SSSR count). The number of nitrogens with one attached hydrogen (secondary N) is 1. The quantitative estimate of drug-likeness (QED) is 0.831. The molecule has 1 aliphatic heterocycles. The lowest BCUT2D eigenvalue weighted by atomic mass is 10.0. The minimum atomic E-state index is 0.341. The lowest BCUT2D eigenvalue weighted by molar-refractivity contribution is 0.0161. The van der Waals surface area contributed by atoms with Crippen molar-refractivity contribution < 1.29 is 9.47 Å². The van der Waals surface area contributed by atoms with Gasteiger partial charge in [-0.15, -0.1) is 0 Å². The second-order valence-corrected chi connectivity index (χ2v) is 6.40. The molecular weight excluding hydrogens is 316 g/mol. The predicted molar refractivity (Wildman–Crippen MR) is 97.8 cm³/mol. The largest absolute Gasteiger partial charge is 0.481 e. The van der Waals surface area contributed by atoms with Crippen molar-refractivity contribution in [2.24, 2.45) is 7.05 Å². The van der Waals surface area contributed by atoms with Gasteiger partial charge < -0.3 is 14.8 Å². The van der Waals surface area contributed by atoms with Crippen molar-refractivity contribution in [2.45, 2.75) is 19.5 Å². The predicted octanol–water partition coefficient (Wildman–Crippen LogP) is 1.90. The highest BCUT2D eigenvalue weighted by Crippen LogP contribution is 2.23. The molecule has 1 aliphatic rings. The van der Waals surface area contributed by atoms with Gasteiger partial charge in [-0.25, -0.2) is 4.68 Å². The highest BCUT2D eigenvalue weighted by molar-refractivity contribution is 5.30. The van der Waals surface area contributed by atoms with Crippen molar-refractivity contribution in [1.82, 2.24) is 20.0 Å². The Morgan fingerprint density at radius 2 is 1.96 bits per heavy atom. The summed E-state index contributed by atoms with van der Waals surface area (Å²) >= 11 is 0. The Balaban J connectivity index is 1.69. The zero-order valence-corrected chi connectivity index (χ0v) is 15.4.